The number of amides is 2. The molecular weight excluding hydrogens is 566 g/mol. The minimum atomic E-state index is -0.262. The molecule has 0 bridgehead atoms. The van der Waals surface area contributed by atoms with Crippen molar-refractivity contribution in [1.82, 2.24) is 5.32 Å². The first-order valence-electron chi connectivity index (χ1n) is 13.9. The second-order valence-electron chi connectivity index (χ2n) is 10.3. The monoisotopic (exact) mass is 615 g/mol. The van der Waals surface area contributed by atoms with Crippen molar-refractivity contribution < 1.29 is 33.3 Å². The van der Waals surface area contributed by atoms with Gasteiger partial charge < -0.3 is 40.1 Å². The number of carbonyl (C=O) groups excluding carboxylic acids is 2. The molecule has 1 aromatic carbocycles. The fraction of sp³-hybridized carbons (Fsp3) is 0.655. The maximum absolute atomic E-state index is 12.3. The number of carbonyl (C=O) groups is 2. The van der Waals surface area contributed by atoms with E-state index in [1.54, 1.807) is 33.7 Å². The maximum atomic E-state index is 12.3. The van der Waals surface area contributed by atoms with Gasteiger partial charge in [-0.25, -0.2) is 0 Å². The summed E-state index contributed by atoms with van der Waals surface area (Å²) >= 11 is 0. The molecule has 0 aliphatic carbocycles. The van der Waals surface area contributed by atoms with Gasteiger partial charge in [0, 0.05) is 29.6 Å². The summed E-state index contributed by atoms with van der Waals surface area (Å²) in [7, 11) is 3.29. The van der Waals surface area contributed by atoms with E-state index in [-0.39, 0.29) is 35.0 Å². The maximum Gasteiger partial charge on any atom is 0.246 e. The molecule has 1 atom stereocenters. The van der Waals surface area contributed by atoms with Crippen molar-refractivity contribution in [2.45, 2.75) is 51.2 Å². The summed E-state index contributed by atoms with van der Waals surface area (Å²) in [6.07, 6.45) is 4.21. The van der Waals surface area contributed by atoms with Crippen LogP contribution in [0.5, 0.6) is 5.75 Å². The molecule has 2 amide bonds. The third kappa shape index (κ3) is 22.5. The number of allylic oxidation sites excluding steroid dienone is 1. The van der Waals surface area contributed by atoms with Gasteiger partial charge in [0.1, 0.15) is 24.4 Å². The largest absolute Gasteiger partial charge is 0.490 e. The zero-order valence-corrected chi connectivity index (χ0v) is 26.8. The SMILES string of the molecule is CC(C)/C=C/CNC(=O)COCCOC(COc1cccc(NC(=O)CCOCCOCCN)c1)SSC(C)(C)C. The number of hydrogen-bond acceptors (Lipinski definition) is 10. The summed E-state index contributed by atoms with van der Waals surface area (Å²) in [5.41, 5.74) is 5.74. The van der Waals surface area contributed by atoms with Gasteiger partial charge in [0.25, 0.3) is 0 Å². The van der Waals surface area contributed by atoms with Crippen LogP contribution in [-0.2, 0) is 28.5 Å². The Kier molecular flexibility index (Phi) is 20.7. The molecule has 4 N–H and O–H groups in total. The van der Waals surface area contributed by atoms with Gasteiger partial charge in [-0.2, -0.15) is 0 Å². The first-order valence-corrected chi connectivity index (χ1v) is 16.2. The van der Waals surface area contributed by atoms with Crippen LogP contribution in [0.4, 0.5) is 5.69 Å². The molecule has 0 aliphatic heterocycles. The lowest BCUT2D eigenvalue weighted by molar-refractivity contribution is -0.126. The highest BCUT2D eigenvalue weighted by molar-refractivity contribution is 8.77. The summed E-state index contributed by atoms with van der Waals surface area (Å²) in [5, 5.41) is 5.66. The van der Waals surface area contributed by atoms with E-state index < -0.39 is 0 Å². The molecule has 0 heterocycles. The Morgan fingerprint density at radius 3 is 2.44 bits per heavy atom. The van der Waals surface area contributed by atoms with E-state index in [2.05, 4.69) is 45.3 Å². The number of nitrogens with two attached hydrogens (primary N) is 1. The quantitative estimate of drug-likeness (QED) is 0.0711. The Balaban J connectivity index is 2.43. The minimum Gasteiger partial charge on any atom is -0.490 e. The van der Waals surface area contributed by atoms with Crippen molar-refractivity contribution in [3.05, 3.63) is 36.4 Å². The Morgan fingerprint density at radius 1 is 1.00 bits per heavy atom. The van der Waals surface area contributed by atoms with Crippen molar-refractivity contribution in [3.8, 4) is 5.75 Å². The van der Waals surface area contributed by atoms with Gasteiger partial charge in [0.05, 0.1) is 46.1 Å². The first kappa shape index (κ1) is 37.2. The van der Waals surface area contributed by atoms with Crippen LogP contribution in [0.3, 0.4) is 0 Å². The molecule has 0 aromatic heterocycles. The molecule has 0 fully saturated rings. The van der Waals surface area contributed by atoms with E-state index in [1.807, 2.05) is 24.3 Å². The summed E-state index contributed by atoms with van der Waals surface area (Å²) in [4.78, 5) is 24.1. The molecule has 1 rings (SSSR count). The van der Waals surface area contributed by atoms with E-state index in [0.29, 0.717) is 76.7 Å². The summed E-state index contributed by atoms with van der Waals surface area (Å²) < 4.78 is 28.1. The molecule has 0 saturated carbocycles. The van der Waals surface area contributed by atoms with Gasteiger partial charge >= 0.3 is 0 Å². The summed E-state index contributed by atoms with van der Waals surface area (Å²) in [6, 6.07) is 7.23. The summed E-state index contributed by atoms with van der Waals surface area (Å²) in [6.45, 7) is 14.1. The lowest BCUT2D eigenvalue weighted by Crippen LogP contribution is -2.28. The highest BCUT2D eigenvalue weighted by Crippen LogP contribution is 2.38. The number of rotatable bonds is 23. The van der Waals surface area contributed by atoms with E-state index in [0.717, 1.165) is 0 Å². The minimum absolute atomic E-state index is 0.0161. The van der Waals surface area contributed by atoms with Crippen LogP contribution in [0.15, 0.2) is 36.4 Å². The first-order chi connectivity index (χ1) is 19.6. The fourth-order valence-electron chi connectivity index (χ4n) is 2.89. The third-order valence-corrected chi connectivity index (χ3v) is 8.24. The second-order valence-corrected chi connectivity index (χ2v) is 13.5. The predicted octanol–water partition coefficient (Wildman–Crippen LogP) is 4.25. The van der Waals surface area contributed by atoms with Crippen molar-refractivity contribution in [1.29, 1.82) is 0 Å². The van der Waals surface area contributed by atoms with Crippen molar-refractivity contribution in [2.75, 3.05) is 71.3 Å². The number of nitrogens with one attached hydrogen (secondary N) is 2. The van der Waals surface area contributed by atoms with Crippen molar-refractivity contribution in [2.24, 2.45) is 11.7 Å². The van der Waals surface area contributed by atoms with Crippen LogP contribution in [0.1, 0.15) is 41.0 Å². The zero-order chi connectivity index (χ0) is 30.3. The topological polar surface area (TPSA) is 130 Å². The Morgan fingerprint density at radius 2 is 1.73 bits per heavy atom. The second kappa shape index (κ2) is 22.8. The van der Waals surface area contributed by atoms with E-state index in [9.17, 15) is 9.59 Å². The average molecular weight is 616 g/mol. The van der Waals surface area contributed by atoms with Gasteiger partial charge in [-0.3, -0.25) is 9.59 Å². The molecule has 0 saturated heterocycles. The zero-order valence-electron chi connectivity index (χ0n) is 25.1. The molecule has 1 aromatic rings. The predicted molar refractivity (Wildman–Crippen MR) is 168 cm³/mol. The Bertz CT molecular complexity index is 882. The van der Waals surface area contributed by atoms with Crippen LogP contribution in [0.2, 0.25) is 0 Å². The number of ether oxygens (including phenoxy) is 5. The van der Waals surface area contributed by atoms with Crippen molar-refractivity contribution >= 4 is 39.1 Å². The molecule has 1 unspecified atom stereocenters. The van der Waals surface area contributed by atoms with Gasteiger partial charge in [-0.15, -0.1) is 0 Å². The third-order valence-electron chi connectivity index (χ3n) is 4.72. The molecule has 0 aliphatic rings. The average Bonchev–Trinajstić information content (AvgIpc) is 2.91. The molecule has 0 spiro atoms. The summed E-state index contributed by atoms with van der Waals surface area (Å²) in [5.74, 6) is 0.753. The molecule has 0 radical (unpaired) electrons. The van der Waals surface area contributed by atoms with Crippen LogP contribution in [0, 0.1) is 5.92 Å². The highest BCUT2D eigenvalue weighted by atomic mass is 33.1. The Labute approximate surface area is 253 Å². The standard InChI is InChI=1S/C29H49N3O7S2/c1-23(2)8-7-13-31-27(34)21-37-18-19-38-28(40-41-29(3,4)5)22-39-25-10-6-9-24(20-25)32-26(33)11-14-35-16-17-36-15-12-30/h6-10,20,23,28H,11-19,21-22,30H2,1-5H3,(H,31,34)(H,32,33)/b8-7+. The van der Waals surface area contributed by atoms with E-state index in [4.69, 9.17) is 29.4 Å². The van der Waals surface area contributed by atoms with Crippen LogP contribution in [0.25, 0.3) is 0 Å². The number of hydrogen-bond donors (Lipinski definition) is 3. The van der Waals surface area contributed by atoms with Crippen LogP contribution >= 0.6 is 21.6 Å². The Hall–Kier alpha value is -1.80. The molecule has 41 heavy (non-hydrogen) atoms. The van der Waals surface area contributed by atoms with Gasteiger partial charge in [-0.1, -0.05) is 74.4 Å². The van der Waals surface area contributed by atoms with E-state index in [1.165, 1.54) is 0 Å². The van der Waals surface area contributed by atoms with Gasteiger partial charge in [0.15, 0.2) is 0 Å². The fourth-order valence-corrected chi connectivity index (χ4v) is 5.08. The molecule has 234 valence electrons. The lowest BCUT2D eigenvalue weighted by Gasteiger charge is -2.22. The molecular formula is C29H49N3O7S2. The van der Waals surface area contributed by atoms with E-state index >= 15 is 0 Å². The molecule has 12 heteroatoms. The van der Waals surface area contributed by atoms with Crippen LogP contribution < -0.4 is 21.1 Å². The number of anilines is 1. The molecule has 10 nitrogen and oxygen atoms in total. The van der Waals surface area contributed by atoms with Crippen LogP contribution in [-0.4, -0.2) is 87.9 Å². The number of benzene rings is 1. The van der Waals surface area contributed by atoms with Crippen molar-refractivity contribution in [3.63, 3.8) is 0 Å². The van der Waals surface area contributed by atoms with Gasteiger partial charge in [-0.05, 0) is 18.1 Å². The normalized spacial score (nSPS) is 12.6. The highest BCUT2D eigenvalue weighted by Gasteiger charge is 2.18. The smallest absolute Gasteiger partial charge is 0.246 e. The lowest BCUT2D eigenvalue weighted by atomic mass is 10.2. The van der Waals surface area contributed by atoms with Gasteiger partial charge in [0.2, 0.25) is 11.8 Å².